The fourth-order valence-electron chi connectivity index (χ4n) is 1.60. The number of hydrogen-bond acceptors (Lipinski definition) is 3. The second-order valence-corrected chi connectivity index (χ2v) is 4.81. The van der Waals surface area contributed by atoms with Crippen LogP contribution in [0.2, 0.25) is 0 Å². The van der Waals surface area contributed by atoms with Crippen LogP contribution in [0.3, 0.4) is 0 Å². The Bertz CT molecular complexity index is 223. The maximum Gasteiger partial charge on any atom is 0.224 e. The third-order valence-corrected chi connectivity index (χ3v) is 3.22. The summed E-state index contributed by atoms with van der Waals surface area (Å²) < 4.78 is 5.28. The maximum absolute atomic E-state index is 11.8. The minimum atomic E-state index is -0.135. The number of amides is 1. The highest BCUT2D eigenvalue weighted by Crippen LogP contribution is 2.20. The number of hydrogen-bond donors (Lipinski definition) is 2. The molecule has 4 heteroatoms. The van der Waals surface area contributed by atoms with Crippen molar-refractivity contribution in [3.05, 3.63) is 0 Å². The van der Waals surface area contributed by atoms with Crippen LogP contribution >= 0.6 is 0 Å². The van der Waals surface area contributed by atoms with E-state index >= 15 is 0 Å². The Hall–Kier alpha value is -0.610. The molecule has 0 aromatic carbocycles. The fourth-order valence-corrected chi connectivity index (χ4v) is 1.60. The molecule has 3 N–H and O–H groups in total. The van der Waals surface area contributed by atoms with Gasteiger partial charge >= 0.3 is 0 Å². The molecule has 0 bridgehead atoms. The van der Waals surface area contributed by atoms with Gasteiger partial charge in [0.05, 0.1) is 0 Å². The van der Waals surface area contributed by atoms with Crippen molar-refractivity contribution in [1.82, 2.24) is 5.32 Å². The van der Waals surface area contributed by atoms with Crippen LogP contribution in [0.1, 0.15) is 33.6 Å². The molecule has 0 radical (unpaired) electrons. The van der Waals surface area contributed by atoms with Gasteiger partial charge in [0, 0.05) is 30.7 Å². The van der Waals surface area contributed by atoms with Gasteiger partial charge in [-0.15, -0.1) is 0 Å². The molecule has 1 amide bonds. The van der Waals surface area contributed by atoms with E-state index in [9.17, 15) is 4.79 Å². The molecule has 0 aliphatic carbocycles. The first-order chi connectivity index (χ1) is 6.94. The molecule has 1 heterocycles. The summed E-state index contributed by atoms with van der Waals surface area (Å²) in [6.45, 7) is 7.24. The minimum absolute atomic E-state index is 0.0504. The molecular weight excluding hydrogens is 192 g/mol. The highest BCUT2D eigenvalue weighted by Gasteiger charge is 2.31. The molecule has 15 heavy (non-hydrogen) atoms. The van der Waals surface area contributed by atoms with Crippen molar-refractivity contribution in [3.63, 3.8) is 0 Å². The predicted molar refractivity (Wildman–Crippen MR) is 59.4 cm³/mol. The number of carbonyl (C=O) groups is 1. The van der Waals surface area contributed by atoms with Crippen LogP contribution < -0.4 is 11.1 Å². The van der Waals surface area contributed by atoms with E-state index in [-0.39, 0.29) is 23.4 Å². The van der Waals surface area contributed by atoms with E-state index in [1.165, 1.54) is 0 Å². The molecule has 1 saturated heterocycles. The van der Waals surface area contributed by atoms with Crippen LogP contribution in [0, 0.1) is 5.92 Å². The number of ether oxygens (including phenoxy) is 1. The predicted octanol–water partition coefficient (Wildman–Crippen LogP) is 0.655. The fraction of sp³-hybridized carbons (Fsp3) is 0.909. The van der Waals surface area contributed by atoms with E-state index in [1.54, 1.807) is 0 Å². The highest BCUT2D eigenvalue weighted by atomic mass is 16.5. The van der Waals surface area contributed by atoms with E-state index in [1.807, 2.05) is 13.8 Å². The second-order valence-electron chi connectivity index (χ2n) is 4.81. The third-order valence-electron chi connectivity index (χ3n) is 3.22. The molecule has 2 unspecified atom stereocenters. The lowest BCUT2D eigenvalue weighted by molar-refractivity contribution is -0.127. The van der Waals surface area contributed by atoms with E-state index < -0.39 is 0 Å². The molecule has 4 nitrogen and oxygen atoms in total. The molecular formula is C11H22N2O2. The number of nitrogens with two attached hydrogens (primary N) is 1. The Morgan fingerprint density at radius 3 is 2.40 bits per heavy atom. The molecule has 88 valence electrons. The lowest BCUT2D eigenvalue weighted by Crippen LogP contribution is -2.52. The van der Waals surface area contributed by atoms with E-state index in [0.29, 0.717) is 0 Å². The summed E-state index contributed by atoms with van der Waals surface area (Å²) in [7, 11) is 0. The van der Waals surface area contributed by atoms with Gasteiger partial charge < -0.3 is 15.8 Å². The van der Waals surface area contributed by atoms with Gasteiger partial charge in [-0.2, -0.15) is 0 Å². The van der Waals surface area contributed by atoms with Crippen LogP contribution in [0.15, 0.2) is 0 Å². The van der Waals surface area contributed by atoms with Gasteiger partial charge in [0.15, 0.2) is 0 Å². The summed E-state index contributed by atoms with van der Waals surface area (Å²) in [5.74, 6) is -0.0842. The average molecular weight is 214 g/mol. The van der Waals surface area contributed by atoms with Crippen molar-refractivity contribution >= 4 is 5.91 Å². The standard InChI is InChI=1S/C11H22N2O2/c1-8(9(2)12)10(14)13-11(3)4-6-15-7-5-11/h8-9H,4-7,12H2,1-3H3,(H,13,14). The first-order valence-corrected chi connectivity index (χ1v) is 5.60. The normalized spacial score (nSPS) is 24.3. The lowest BCUT2D eigenvalue weighted by atomic mass is 9.91. The summed E-state index contributed by atoms with van der Waals surface area (Å²) in [5.41, 5.74) is 5.59. The molecule has 0 aromatic rings. The van der Waals surface area contributed by atoms with Gasteiger partial charge in [0.2, 0.25) is 5.91 Å². The molecule has 1 aliphatic heterocycles. The quantitative estimate of drug-likeness (QED) is 0.725. The van der Waals surface area contributed by atoms with Crippen LogP contribution in [0.5, 0.6) is 0 Å². The van der Waals surface area contributed by atoms with Crippen molar-refractivity contribution in [3.8, 4) is 0 Å². The van der Waals surface area contributed by atoms with Crippen molar-refractivity contribution < 1.29 is 9.53 Å². The zero-order valence-corrected chi connectivity index (χ0v) is 9.88. The van der Waals surface area contributed by atoms with Crippen molar-refractivity contribution in [2.45, 2.75) is 45.2 Å². The summed E-state index contributed by atoms with van der Waals surface area (Å²) >= 11 is 0. The first kappa shape index (κ1) is 12.5. The first-order valence-electron chi connectivity index (χ1n) is 5.60. The van der Waals surface area contributed by atoms with E-state index in [0.717, 1.165) is 26.1 Å². The van der Waals surface area contributed by atoms with Crippen LogP contribution in [0.25, 0.3) is 0 Å². The molecule has 1 rings (SSSR count). The number of nitrogens with one attached hydrogen (secondary N) is 1. The molecule has 0 aromatic heterocycles. The smallest absolute Gasteiger partial charge is 0.224 e. The number of carbonyl (C=O) groups excluding carboxylic acids is 1. The van der Waals surface area contributed by atoms with E-state index in [4.69, 9.17) is 10.5 Å². The van der Waals surface area contributed by atoms with Crippen molar-refractivity contribution in [2.75, 3.05) is 13.2 Å². The van der Waals surface area contributed by atoms with Crippen LogP contribution in [0.4, 0.5) is 0 Å². The van der Waals surface area contributed by atoms with Crippen molar-refractivity contribution in [2.24, 2.45) is 11.7 Å². The molecule has 2 atom stereocenters. The second kappa shape index (κ2) is 4.94. The van der Waals surface area contributed by atoms with E-state index in [2.05, 4.69) is 12.2 Å². The molecule has 1 fully saturated rings. The Balaban J connectivity index is 2.49. The van der Waals surface area contributed by atoms with Gasteiger partial charge in [-0.05, 0) is 26.7 Å². The monoisotopic (exact) mass is 214 g/mol. The zero-order valence-electron chi connectivity index (χ0n) is 9.88. The largest absolute Gasteiger partial charge is 0.381 e. The Labute approximate surface area is 91.5 Å². The highest BCUT2D eigenvalue weighted by molar-refractivity contribution is 5.79. The maximum atomic E-state index is 11.8. The third kappa shape index (κ3) is 3.47. The summed E-state index contributed by atoms with van der Waals surface area (Å²) in [6.07, 6.45) is 1.76. The topological polar surface area (TPSA) is 64.4 Å². The molecule has 0 saturated carbocycles. The average Bonchev–Trinajstić information content (AvgIpc) is 2.16. The SMILES string of the molecule is CC(N)C(C)C(=O)NC1(C)CCOCC1. The minimum Gasteiger partial charge on any atom is -0.381 e. The van der Waals surface area contributed by atoms with Gasteiger partial charge in [0.25, 0.3) is 0 Å². The Morgan fingerprint density at radius 2 is 1.93 bits per heavy atom. The van der Waals surface area contributed by atoms with Gasteiger partial charge in [-0.1, -0.05) is 6.92 Å². The van der Waals surface area contributed by atoms with Crippen LogP contribution in [-0.2, 0) is 9.53 Å². The summed E-state index contributed by atoms with van der Waals surface area (Å²) in [5, 5.41) is 3.08. The van der Waals surface area contributed by atoms with Gasteiger partial charge in [-0.3, -0.25) is 4.79 Å². The molecule has 1 aliphatic rings. The number of rotatable bonds is 3. The Kier molecular flexibility index (Phi) is 4.11. The van der Waals surface area contributed by atoms with Gasteiger partial charge in [-0.25, -0.2) is 0 Å². The summed E-state index contributed by atoms with van der Waals surface area (Å²) in [6, 6.07) is -0.103. The Morgan fingerprint density at radius 1 is 1.40 bits per heavy atom. The lowest BCUT2D eigenvalue weighted by Gasteiger charge is -2.35. The molecule has 0 spiro atoms. The van der Waals surface area contributed by atoms with Crippen LogP contribution in [-0.4, -0.2) is 30.7 Å². The van der Waals surface area contributed by atoms with Crippen molar-refractivity contribution in [1.29, 1.82) is 0 Å². The summed E-state index contributed by atoms with van der Waals surface area (Å²) in [4.78, 5) is 11.8. The van der Waals surface area contributed by atoms with Gasteiger partial charge in [0.1, 0.15) is 0 Å². The zero-order chi connectivity index (χ0) is 11.5.